The summed E-state index contributed by atoms with van der Waals surface area (Å²) in [6, 6.07) is 17.0. The van der Waals surface area contributed by atoms with Crippen molar-refractivity contribution in [3.63, 3.8) is 0 Å². The fourth-order valence-corrected chi connectivity index (χ4v) is 8.70. The van der Waals surface area contributed by atoms with Crippen molar-refractivity contribution in [1.82, 2.24) is 20.0 Å². The monoisotopic (exact) mass is 655 g/mol. The average molecular weight is 656 g/mol. The summed E-state index contributed by atoms with van der Waals surface area (Å²) in [4.78, 5) is 49.2. The Bertz CT molecular complexity index is 1510. The first-order valence-corrected chi connectivity index (χ1v) is 17.8. The second-order valence-electron chi connectivity index (χ2n) is 14.3. The van der Waals surface area contributed by atoms with E-state index in [-0.39, 0.29) is 23.8 Å². The van der Waals surface area contributed by atoms with Crippen LogP contribution < -0.4 is 15.4 Å². The Morgan fingerprint density at radius 3 is 2.50 bits per heavy atom. The number of rotatable bonds is 11. The van der Waals surface area contributed by atoms with Crippen molar-refractivity contribution < 1.29 is 23.9 Å². The molecule has 256 valence electrons. The molecule has 4 aliphatic heterocycles. The highest BCUT2D eigenvalue weighted by Gasteiger charge is 2.72. The van der Waals surface area contributed by atoms with E-state index in [1.54, 1.807) is 24.1 Å². The van der Waals surface area contributed by atoms with Crippen LogP contribution in [0.5, 0.6) is 5.75 Å². The Kier molecular flexibility index (Phi) is 9.58. The van der Waals surface area contributed by atoms with Gasteiger partial charge in [-0.3, -0.25) is 19.3 Å². The molecule has 7 atom stereocenters. The Balaban J connectivity index is 1.05. The summed E-state index contributed by atoms with van der Waals surface area (Å²) < 4.78 is 11.9. The minimum Gasteiger partial charge on any atom is -0.497 e. The first-order valence-electron chi connectivity index (χ1n) is 17.8. The van der Waals surface area contributed by atoms with Gasteiger partial charge in [-0.1, -0.05) is 68.3 Å². The van der Waals surface area contributed by atoms with E-state index >= 15 is 0 Å². The largest absolute Gasteiger partial charge is 0.497 e. The molecule has 10 nitrogen and oxygen atoms in total. The normalized spacial score (nSPS) is 31.5. The maximum atomic E-state index is 14.4. The summed E-state index contributed by atoms with van der Waals surface area (Å²) in [5.41, 5.74) is 0.756. The van der Waals surface area contributed by atoms with Gasteiger partial charge in [0.15, 0.2) is 0 Å². The zero-order chi connectivity index (χ0) is 33.3. The highest BCUT2D eigenvalue weighted by atomic mass is 16.5. The lowest BCUT2D eigenvalue weighted by atomic mass is 9.74. The summed E-state index contributed by atoms with van der Waals surface area (Å²) in [6.45, 7) is 8.36. The fourth-order valence-electron chi connectivity index (χ4n) is 8.70. The molecular formula is C38H49N5O5. The lowest BCUT2D eigenvalue weighted by Gasteiger charge is -2.37. The maximum Gasteiger partial charge on any atom is 0.246 e. The van der Waals surface area contributed by atoms with E-state index in [4.69, 9.17) is 9.47 Å². The van der Waals surface area contributed by atoms with Gasteiger partial charge >= 0.3 is 0 Å². The Morgan fingerprint density at radius 1 is 0.958 bits per heavy atom. The topological polar surface area (TPSA) is 103 Å². The van der Waals surface area contributed by atoms with Gasteiger partial charge in [0.25, 0.3) is 0 Å². The Hall–Kier alpha value is -3.73. The third kappa shape index (κ3) is 6.37. The van der Waals surface area contributed by atoms with Gasteiger partial charge in [-0.25, -0.2) is 0 Å². The van der Waals surface area contributed by atoms with Crippen LogP contribution in [0.15, 0.2) is 66.7 Å². The predicted octanol–water partition coefficient (Wildman–Crippen LogP) is 3.69. The molecule has 1 aliphatic carbocycles. The lowest BCUT2D eigenvalue weighted by molar-refractivity contribution is -0.141. The van der Waals surface area contributed by atoms with Gasteiger partial charge in [-0.15, -0.1) is 0 Å². The van der Waals surface area contributed by atoms with E-state index < -0.39 is 29.6 Å². The van der Waals surface area contributed by atoms with Crippen molar-refractivity contribution in [2.75, 3.05) is 51.7 Å². The number of amides is 3. The van der Waals surface area contributed by atoms with Gasteiger partial charge in [0.05, 0.1) is 25.0 Å². The standard InChI is InChI=1S/C38H49N5O5/c1-26-10-6-7-15-30(26)40-36(45)34-38-17-16-31(48-38)32(35(44)39-28-13-8-14-29(24-28)47-2)33(38)37(46)43(34)19-9-18-41-20-22-42(23-21-41)25-27-11-4-3-5-12-27/h3-5,8,11-14,16-17,24,26,30-34H,6-7,9-10,15,18-23,25H2,1-2H3,(H,39,44)(H,40,45)/t26?,30?,31-,32?,33-,34?,38?/m0/s1. The molecular weight excluding hydrogens is 606 g/mol. The van der Waals surface area contributed by atoms with Crippen LogP contribution >= 0.6 is 0 Å². The molecule has 5 unspecified atom stereocenters. The number of likely N-dealkylation sites (tertiary alicyclic amines) is 1. The molecule has 0 aromatic heterocycles. The molecule has 2 N–H and O–H groups in total. The van der Waals surface area contributed by atoms with E-state index in [1.807, 2.05) is 24.3 Å². The number of carbonyl (C=O) groups is 3. The van der Waals surface area contributed by atoms with Crippen LogP contribution in [-0.4, -0.2) is 103 Å². The number of carbonyl (C=O) groups excluding carboxylic acids is 3. The lowest BCUT2D eigenvalue weighted by Crippen LogP contribution is -2.57. The van der Waals surface area contributed by atoms with Gasteiger partial charge in [0.2, 0.25) is 17.7 Å². The summed E-state index contributed by atoms with van der Waals surface area (Å²) in [5, 5.41) is 6.33. The number of nitrogens with one attached hydrogen (secondary N) is 2. The summed E-state index contributed by atoms with van der Waals surface area (Å²) in [6.07, 6.45) is 8.22. The molecule has 2 aromatic rings. The van der Waals surface area contributed by atoms with E-state index in [9.17, 15) is 14.4 Å². The zero-order valence-corrected chi connectivity index (χ0v) is 28.2. The third-order valence-corrected chi connectivity index (χ3v) is 11.3. The van der Waals surface area contributed by atoms with Gasteiger partial charge in [0, 0.05) is 57.1 Å². The molecule has 2 bridgehead atoms. The highest BCUT2D eigenvalue weighted by Crippen LogP contribution is 2.55. The first kappa shape index (κ1) is 32.8. The molecule has 7 rings (SSSR count). The van der Waals surface area contributed by atoms with Crippen LogP contribution in [0.4, 0.5) is 5.69 Å². The number of fused-ring (bicyclic) bond motifs is 1. The zero-order valence-electron chi connectivity index (χ0n) is 28.2. The molecule has 2 aromatic carbocycles. The molecule has 1 spiro atoms. The molecule has 4 fully saturated rings. The number of ether oxygens (including phenoxy) is 2. The van der Waals surface area contributed by atoms with E-state index in [1.165, 1.54) is 12.0 Å². The predicted molar refractivity (Wildman–Crippen MR) is 183 cm³/mol. The smallest absolute Gasteiger partial charge is 0.246 e. The second-order valence-corrected chi connectivity index (χ2v) is 14.3. The molecule has 10 heteroatoms. The number of methoxy groups -OCH3 is 1. The highest BCUT2D eigenvalue weighted by molar-refractivity contribution is 6.02. The van der Waals surface area contributed by atoms with E-state index in [2.05, 4.69) is 57.7 Å². The van der Waals surface area contributed by atoms with Crippen molar-refractivity contribution in [2.45, 2.75) is 69.4 Å². The number of piperazine rings is 1. The molecule has 48 heavy (non-hydrogen) atoms. The maximum absolute atomic E-state index is 14.4. The van der Waals surface area contributed by atoms with Crippen molar-refractivity contribution in [3.8, 4) is 5.75 Å². The van der Waals surface area contributed by atoms with Crippen LogP contribution in [0.1, 0.15) is 44.6 Å². The first-order chi connectivity index (χ1) is 23.4. The Morgan fingerprint density at radius 2 is 1.73 bits per heavy atom. The van der Waals surface area contributed by atoms with E-state index in [0.717, 1.165) is 65.0 Å². The van der Waals surface area contributed by atoms with Crippen LogP contribution in [0.2, 0.25) is 0 Å². The van der Waals surface area contributed by atoms with Crippen molar-refractivity contribution in [1.29, 1.82) is 0 Å². The quantitative estimate of drug-likeness (QED) is 0.356. The van der Waals surface area contributed by atoms with Gasteiger partial charge in [-0.05, 0) is 49.4 Å². The average Bonchev–Trinajstić information content (AvgIpc) is 3.74. The summed E-state index contributed by atoms with van der Waals surface area (Å²) >= 11 is 0. The molecule has 5 aliphatic rings. The number of benzene rings is 2. The second kappa shape index (κ2) is 14.0. The molecule has 4 heterocycles. The Labute approximate surface area is 283 Å². The minimum atomic E-state index is -1.16. The summed E-state index contributed by atoms with van der Waals surface area (Å²) in [7, 11) is 1.58. The van der Waals surface area contributed by atoms with Crippen LogP contribution in [-0.2, 0) is 25.7 Å². The number of anilines is 1. The van der Waals surface area contributed by atoms with Crippen LogP contribution in [0.3, 0.4) is 0 Å². The number of hydrogen-bond donors (Lipinski definition) is 2. The minimum absolute atomic E-state index is 0.0700. The SMILES string of the molecule is COc1cccc(NC(=O)C2[C@@H]3C=CC4(O3)C(C(=O)NC3CCCCC3C)N(CCCN3CCN(Cc5ccccc5)CC3)C(=O)[C@H]24)c1. The third-order valence-electron chi connectivity index (χ3n) is 11.3. The molecule has 3 saturated heterocycles. The molecule has 3 amide bonds. The van der Waals surface area contributed by atoms with E-state index in [0.29, 0.717) is 23.9 Å². The van der Waals surface area contributed by atoms with Crippen LogP contribution in [0, 0.1) is 17.8 Å². The van der Waals surface area contributed by atoms with Gasteiger partial charge in [-0.2, -0.15) is 0 Å². The molecule has 1 saturated carbocycles. The fraction of sp³-hybridized carbons (Fsp3) is 0.553. The van der Waals surface area contributed by atoms with Gasteiger partial charge in [0.1, 0.15) is 17.4 Å². The van der Waals surface area contributed by atoms with Gasteiger partial charge < -0.3 is 29.9 Å². The van der Waals surface area contributed by atoms with Crippen molar-refractivity contribution in [2.24, 2.45) is 17.8 Å². The molecule has 0 radical (unpaired) electrons. The number of hydrogen-bond acceptors (Lipinski definition) is 7. The van der Waals surface area contributed by atoms with Crippen LogP contribution in [0.25, 0.3) is 0 Å². The summed E-state index contributed by atoms with van der Waals surface area (Å²) in [5.74, 6) is -1.12. The van der Waals surface area contributed by atoms with Crippen molar-refractivity contribution in [3.05, 3.63) is 72.3 Å². The van der Waals surface area contributed by atoms with Crippen molar-refractivity contribution >= 4 is 23.4 Å². The number of nitrogens with zero attached hydrogens (tertiary/aromatic N) is 3.